The summed E-state index contributed by atoms with van der Waals surface area (Å²) < 4.78 is 36.4. The molecule has 0 radical (unpaired) electrons. The van der Waals surface area contributed by atoms with Crippen LogP contribution in [0.5, 0.6) is 11.6 Å². The molecule has 0 fully saturated rings. The predicted octanol–water partition coefficient (Wildman–Crippen LogP) is 2.51. The molecule has 0 atom stereocenters. The summed E-state index contributed by atoms with van der Waals surface area (Å²) in [5.41, 5.74) is 1.47. The average molecular weight is 296 g/mol. The van der Waals surface area contributed by atoms with Gasteiger partial charge in [-0.3, -0.25) is 5.21 Å². The van der Waals surface area contributed by atoms with Crippen LogP contribution in [0.15, 0.2) is 30.5 Å². The fraction of sp³-hybridized carbons (Fsp3) is 0.0769. The van der Waals surface area contributed by atoms with Gasteiger partial charge in [-0.15, -0.1) is 0 Å². The molecule has 0 saturated carbocycles. The lowest BCUT2D eigenvalue weighted by atomic mass is 10.1. The van der Waals surface area contributed by atoms with Gasteiger partial charge in [0.1, 0.15) is 11.6 Å². The molecule has 21 heavy (non-hydrogen) atoms. The van der Waals surface area contributed by atoms with Gasteiger partial charge in [-0.2, -0.15) is 0 Å². The number of halogens is 2. The van der Waals surface area contributed by atoms with Gasteiger partial charge in [0.05, 0.1) is 18.9 Å². The van der Waals surface area contributed by atoms with Crippen LogP contribution in [-0.4, -0.2) is 23.4 Å². The molecule has 0 aliphatic heterocycles. The molecule has 8 heteroatoms. The van der Waals surface area contributed by atoms with E-state index >= 15 is 0 Å². The molecule has 0 spiro atoms. The Bertz CT molecular complexity index is 679. The first kappa shape index (κ1) is 14.7. The van der Waals surface area contributed by atoms with Crippen LogP contribution in [0, 0.1) is 11.6 Å². The number of carbonyl (C=O) groups excluding carboxylic acids is 1. The third-order valence-electron chi connectivity index (χ3n) is 2.54. The van der Waals surface area contributed by atoms with Crippen LogP contribution in [0.2, 0.25) is 0 Å². The van der Waals surface area contributed by atoms with Crippen LogP contribution >= 0.6 is 0 Å². The van der Waals surface area contributed by atoms with E-state index in [4.69, 9.17) is 9.94 Å². The number of amides is 1. The Kier molecular flexibility index (Phi) is 4.29. The Labute approximate surface area is 117 Å². The van der Waals surface area contributed by atoms with E-state index < -0.39 is 17.7 Å². The lowest BCUT2D eigenvalue weighted by Gasteiger charge is -2.10. The summed E-state index contributed by atoms with van der Waals surface area (Å²) in [6, 6.07) is 4.27. The van der Waals surface area contributed by atoms with Crippen molar-refractivity contribution in [3.63, 3.8) is 0 Å². The number of nitrogens with one attached hydrogen (secondary N) is 1. The van der Waals surface area contributed by atoms with Crippen LogP contribution in [0.25, 0.3) is 11.1 Å². The third-order valence-corrected chi connectivity index (χ3v) is 2.54. The summed E-state index contributed by atoms with van der Waals surface area (Å²) >= 11 is 0. The van der Waals surface area contributed by atoms with Crippen molar-refractivity contribution < 1.29 is 28.3 Å². The van der Waals surface area contributed by atoms with Crippen molar-refractivity contribution in [2.45, 2.75) is 0 Å². The van der Waals surface area contributed by atoms with E-state index in [9.17, 15) is 13.6 Å². The van der Waals surface area contributed by atoms with Gasteiger partial charge in [0, 0.05) is 11.6 Å². The first-order valence-corrected chi connectivity index (χ1v) is 5.66. The maximum absolute atomic E-state index is 13.8. The van der Waals surface area contributed by atoms with Gasteiger partial charge in [0.25, 0.3) is 0 Å². The largest absolute Gasteiger partial charge is 0.481 e. The molecule has 6 nitrogen and oxygen atoms in total. The maximum Gasteiger partial charge on any atom is 0.436 e. The van der Waals surface area contributed by atoms with Crippen molar-refractivity contribution in [1.29, 1.82) is 0 Å². The molecule has 0 aliphatic rings. The lowest BCUT2D eigenvalue weighted by molar-refractivity contribution is 0.127. The molecule has 1 aromatic heterocycles. The SMILES string of the molecule is COc1ncc(OC(=O)NO)cc1-c1ccc(F)cc1F. The summed E-state index contributed by atoms with van der Waals surface area (Å²) in [6.45, 7) is 0. The van der Waals surface area contributed by atoms with Gasteiger partial charge in [-0.05, 0) is 18.2 Å². The first-order valence-electron chi connectivity index (χ1n) is 5.66. The summed E-state index contributed by atoms with van der Waals surface area (Å²) in [4.78, 5) is 14.8. The van der Waals surface area contributed by atoms with Crippen LogP contribution in [-0.2, 0) is 0 Å². The Morgan fingerprint density at radius 3 is 2.67 bits per heavy atom. The van der Waals surface area contributed by atoms with Crippen LogP contribution in [0.1, 0.15) is 0 Å². The van der Waals surface area contributed by atoms with E-state index in [0.717, 1.165) is 12.3 Å². The summed E-state index contributed by atoms with van der Waals surface area (Å²) in [6.07, 6.45) is 0.0198. The van der Waals surface area contributed by atoms with E-state index in [0.29, 0.717) is 6.07 Å². The number of hydroxylamine groups is 1. The minimum Gasteiger partial charge on any atom is -0.481 e. The van der Waals surface area contributed by atoms with Crippen LogP contribution < -0.4 is 15.0 Å². The highest BCUT2D eigenvalue weighted by molar-refractivity contribution is 5.73. The molecule has 1 aromatic carbocycles. The van der Waals surface area contributed by atoms with Gasteiger partial charge in [-0.1, -0.05) is 0 Å². The average Bonchev–Trinajstić information content (AvgIpc) is 2.47. The van der Waals surface area contributed by atoms with Crippen molar-refractivity contribution in [3.05, 3.63) is 42.1 Å². The molecule has 2 N–H and O–H groups in total. The van der Waals surface area contributed by atoms with Gasteiger partial charge >= 0.3 is 6.09 Å². The summed E-state index contributed by atoms with van der Waals surface area (Å²) in [7, 11) is 1.33. The number of nitrogens with zero attached hydrogens (tertiary/aromatic N) is 1. The Balaban J connectivity index is 2.49. The number of carbonyl (C=O) groups is 1. The normalized spacial score (nSPS) is 10.1. The number of hydrogen-bond acceptors (Lipinski definition) is 5. The second kappa shape index (κ2) is 6.14. The van der Waals surface area contributed by atoms with E-state index in [-0.39, 0.29) is 22.8 Å². The monoisotopic (exact) mass is 296 g/mol. The van der Waals surface area contributed by atoms with Gasteiger partial charge in [0.2, 0.25) is 5.88 Å². The lowest BCUT2D eigenvalue weighted by Crippen LogP contribution is -2.22. The molecule has 1 heterocycles. The molecule has 0 unspecified atom stereocenters. The Hall–Kier alpha value is -2.74. The van der Waals surface area contributed by atoms with Crippen LogP contribution in [0.3, 0.4) is 0 Å². The van der Waals surface area contributed by atoms with E-state index in [1.807, 2.05) is 0 Å². The third kappa shape index (κ3) is 3.23. The van der Waals surface area contributed by atoms with Crippen molar-refractivity contribution in [2.75, 3.05) is 7.11 Å². The van der Waals surface area contributed by atoms with E-state index in [2.05, 4.69) is 9.72 Å². The number of aromatic nitrogens is 1. The highest BCUT2D eigenvalue weighted by Gasteiger charge is 2.15. The van der Waals surface area contributed by atoms with Crippen LogP contribution in [0.4, 0.5) is 13.6 Å². The highest BCUT2D eigenvalue weighted by atomic mass is 19.1. The number of rotatable bonds is 3. The van der Waals surface area contributed by atoms with E-state index in [1.165, 1.54) is 24.7 Å². The molecule has 0 saturated heterocycles. The summed E-state index contributed by atoms with van der Waals surface area (Å²) in [5.74, 6) is -1.53. The predicted molar refractivity (Wildman–Crippen MR) is 67.1 cm³/mol. The zero-order valence-electron chi connectivity index (χ0n) is 10.8. The van der Waals surface area contributed by atoms with Gasteiger partial charge in [-0.25, -0.2) is 24.0 Å². The molecule has 110 valence electrons. The standard InChI is InChI=1S/C13H10F2N2O4/c1-20-12-10(9-3-2-7(14)4-11(9)15)5-8(6-16-12)21-13(18)17-19/h2-6,19H,1H3,(H,17,18). The molecule has 1 amide bonds. The zero-order chi connectivity index (χ0) is 15.4. The molecule has 2 aromatic rings. The number of ether oxygens (including phenoxy) is 2. The van der Waals surface area contributed by atoms with Gasteiger partial charge in [0.15, 0.2) is 5.75 Å². The Morgan fingerprint density at radius 2 is 2.05 bits per heavy atom. The number of methoxy groups -OCH3 is 1. The van der Waals surface area contributed by atoms with Crippen molar-refractivity contribution in [1.82, 2.24) is 10.5 Å². The van der Waals surface area contributed by atoms with Gasteiger partial charge < -0.3 is 9.47 Å². The second-order valence-corrected chi connectivity index (χ2v) is 3.85. The zero-order valence-corrected chi connectivity index (χ0v) is 10.8. The topological polar surface area (TPSA) is 80.7 Å². The van der Waals surface area contributed by atoms with Crippen molar-refractivity contribution in [3.8, 4) is 22.8 Å². The summed E-state index contributed by atoms with van der Waals surface area (Å²) in [5, 5.41) is 8.39. The van der Waals surface area contributed by atoms with E-state index in [1.54, 1.807) is 0 Å². The number of pyridine rings is 1. The maximum atomic E-state index is 13.8. The smallest absolute Gasteiger partial charge is 0.436 e. The minimum absolute atomic E-state index is 0.0237. The fourth-order valence-electron chi connectivity index (χ4n) is 1.68. The first-order chi connectivity index (χ1) is 10.0. The molecule has 0 bridgehead atoms. The number of benzene rings is 1. The fourth-order valence-corrected chi connectivity index (χ4v) is 1.68. The minimum atomic E-state index is -1.13. The molecular formula is C13H10F2N2O4. The molecule has 0 aliphatic carbocycles. The highest BCUT2D eigenvalue weighted by Crippen LogP contribution is 2.33. The Morgan fingerprint density at radius 1 is 1.29 bits per heavy atom. The molecule has 2 rings (SSSR count). The second-order valence-electron chi connectivity index (χ2n) is 3.85. The quantitative estimate of drug-likeness (QED) is 0.672. The van der Waals surface area contributed by atoms with Crippen molar-refractivity contribution in [2.24, 2.45) is 0 Å². The number of hydrogen-bond donors (Lipinski definition) is 2. The van der Waals surface area contributed by atoms with Crippen molar-refractivity contribution >= 4 is 6.09 Å². The molecular weight excluding hydrogens is 286 g/mol.